The van der Waals surface area contributed by atoms with Crippen molar-refractivity contribution in [1.29, 1.82) is 0 Å². The Morgan fingerprint density at radius 2 is 2.05 bits per heavy atom. The second-order valence-corrected chi connectivity index (χ2v) is 7.01. The number of aromatic nitrogens is 3. The molecule has 1 unspecified atom stereocenters. The first-order valence-electron chi connectivity index (χ1n) is 6.63. The van der Waals surface area contributed by atoms with E-state index in [-0.39, 0.29) is 11.8 Å². The van der Waals surface area contributed by atoms with Crippen molar-refractivity contribution in [3.8, 4) is 0 Å². The predicted octanol–water partition coefficient (Wildman–Crippen LogP) is 1.19. The van der Waals surface area contributed by atoms with Gasteiger partial charge < -0.3 is 0 Å². The molecule has 2 heterocycles. The average Bonchev–Trinajstić information content (AvgIpc) is 3.10. The van der Waals surface area contributed by atoms with Gasteiger partial charge in [-0.3, -0.25) is 0 Å². The summed E-state index contributed by atoms with van der Waals surface area (Å²) < 4.78 is 39.3. The number of nitrogens with zero attached hydrogens (tertiary/aromatic N) is 4. The SMILES string of the molecule is O=S(=O)(Cc1cccc(F)c1)N1CCC(n2nccn2)C1. The molecule has 1 aromatic carbocycles. The van der Waals surface area contributed by atoms with E-state index >= 15 is 0 Å². The molecule has 0 saturated carbocycles. The number of hydrogen-bond acceptors (Lipinski definition) is 4. The minimum atomic E-state index is -3.46. The molecule has 8 heteroatoms. The maximum Gasteiger partial charge on any atom is 0.218 e. The van der Waals surface area contributed by atoms with Gasteiger partial charge in [0.2, 0.25) is 10.0 Å². The molecule has 21 heavy (non-hydrogen) atoms. The predicted molar refractivity (Wildman–Crippen MR) is 74.3 cm³/mol. The van der Waals surface area contributed by atoms with E-state index < -0.39 is 15.8 Å². The van der Waals surface area contributed by atoms with Gasteiger partial charge in [-0.05, 0) is 24.1 Å². The van der Waals surface area contributed by atoms with Gasteiger partial charge >= 0.3 is 0 Å². The molecule has 1 aliphatic rings. The van der Waals surface area contributed by atoms with Crippen LogP contribution >= 0.6 is 0 Å². The lowest BCUT2D eigenvalue weighted by atomic mass is 10.2. The van der Waals surface area contributed by atoms with E-state index in [9.17, 15) is 12.8 Å². The number of sulfonamides is 1. The molecule has 0 amide bonds. The van der Waals surface area contributed by atoms with Gasteiger partial charge in [0.1, 0.15) is 5.82 Å². The molecule has 6 nitrogen and oxygen atoms in total. The van der Waals surface area contributed by atoms with Crippen molar-refractivity contribution in [3.63, 3.8) is 0 Å². The molecule has 2 aromatic rings. The molecule has 1 saturated heterocycles. The highest BCUT2D eigenvalue weighted by molar-refractivity contribution is 7.88. The second-order valence-electron chi connectivity index (χ2n) is 5.04. The van der Waals surface area contributed by atoms with E-state index in [1.807, 2.05) is 0 Å². The first-order chi connectivity index (χ1) is 10.0. The third-order valence-corrected chi connectivity index (χ3v) is 5.34. The summed E-state index contributed by atoms with van der Waals surface area (Å²) in [5.74, 6) is -0.618. The summed E-state index contributed by atoms with van der Waals surface area (Å²) in [6.07, 6.45) is 3.82. The van der Waals surface area contributed by atoms with Crippen LogP contribution in [0, 0.1) is 5.82 Å². The molecule has 1 atom stereocenters. The maximum atomic E-state index is 13.1. The van der Waals surface area contributed by atoms with Crippen LogP contribution in [0.2, 0.25) is 0 Å². The lowest BCUT2D eigenvalue weighted by Crippen LogP contribution is -2.30. The monoisotopic (exact) mass is 310 g/mol. The van der Waals surface area contributed by atoms with Crippen molar-refractivity contribution in [2.75, 3.05) is 13.1 Å². The number of halogens is 1. The Hall–Kier alpha value is -1.80. The van der Waals surface area contributed by atoms with Crippen LogP contribution in [-0.4, -0.2) is 40.8 Å². The molecule has 0 bridgehead atoms. The first kappa shape index (κ1) is 14.2. The normalized spacial score (nSPS) is 20.0. The second kappa shape index (κ2) is 5.53. The fourth-order valence-corrected chi connectivity index (χ4v) is 4.06. The molecule has 1 fully saturated rings. The largest absolute Gasteiger partial charge is 0.218 e. The summed E-state index contributed by atoms with van der Waals surface area (Å²) in [7, 11) is -3.46. The van der Waals surface area contributed by atoms with Crippen LogP contribution in [0.3, 0.4) is 0 Å². The number of hydrogen-bond donors (Lipinski definition) is 0. The Balaban J connectivity index is 1.71. The third-order valence-electron chi connectivity index (χ3n) is 3.52. The summed E-state index contributed by atoms with van der Waals surface area (Å²) in [4.78, 5) is 1.54. The minimum Gasteiger partial charge on any atom is -0.212 e. The molecule has 0 spiro atoms. The van der Waals surface area contributed by atoms with Gasteiger partial charge in [-0.2, -0.15) is 19.3 Å². The van der Waals surface area contributed by atoms with E-state index in [0.29, 0.717) is 25.1 Å². The van der Waals surface area contributed by atoms with Crippen LogP contribution < -0.4 is 0 Å². The molecular weight excluding hydrogens is 295 g/mol. The Morgan fingerprint density at radius 1 is 1.29 bits per heavy atom. The molecule has 1 aliphatic heterocycles. The van der Waals surface area contributed by atoms with E-state index in [1.54, 1.807) is 18.5 Å². The smallest absolute Gasteiger partial charge is 0.212 e. The standard InChI is InChI=1S/C13H15FN4O2S/c14-12-3-1-2-11(8-12)10-21(19,20)17-7-4-13(9-17)18-15-5-6-16-18/h1-3,5-6,8,13H,4,7,9-10H2. The average molecular weight is 310 g/mol. The highest BCUT2D eigenvalue weighted by atomic mass is 32.2. The fraction of sp³-hybridized carbons (Fsp3) is 0.385. The minimum absolute atomic E-state index is 0.0396. The summed E-state index contributed by atoms with van der Waals surface area (Å²) in [6.45, 7) is 0.788. The van der Waals surface area contributed by atoms with E-state index in [2.05, 4.69) is 10.2 Å². The molecule has 3 rings (SSSR count). The van der Waals surface area contributed by atoms with E-state index in [1.165, 1.54) is 27.3 Å². The summed E-state index contributed by atoms with van der Waals surface area (Å²) in [6, 6.07) is 5.64. The Kier molecular flexibility index (Phi) is 3.73. The maximum absolute atomic E-state index is 13.1. The van der Waals surface area contributed by atoms with Crippen molar-refractivity contribution in [3.05, 3.63) is 48.0 Å². The van der Waals surface area contributed by atoms with Crippen LogP contribution in [0.5, 0.6) is 0 Å². The van der Waals surface area contributed by atoms with Gasteiger partial charge in [0.25, 0.3) is 0 Å². The fourth-order valence-electron chi connectivity index (χ4n) is 2.50. The number of rotatable bonds is 4. The summed E-state index contributed by atoms with van der Waals surface area (Å²) in [5, 5.41) is 8.09. The Bertz CT molecular complexity index is 718. The molecule has 1 aromatic heterocycles. The van der Waals surface area contributed by atoms with Gasteiger partial charge in [-0.15, -0.1) is 0 Å². The molecule has 0 aliphatic carbocycles. The van der Waals surface area contributed by atoms with Crippen molar-refractivity contribution >= 4 is 10.0 Å². The topological polar surface area (TPSA) is 68.1 Å². The summed E-state index contributed by atoms with van der Waals surface area (Å²) in [5.41, 5.74) is 0.454. The van der Waals surface area contributed by atoms with Crippen molar-refractivity contribution < 1.29 is 12.8 Å². The van der Waals surface area contributed by atoms with Gasteiger partial charge in [-0.25, -0.2) is 12.8 Å². The van der Waals surface area contributed by atoms with Gasteiger partial charge in [0.05, 0.1) is 24.2 Å². The molecular formula is C13H15FN4O2S. The zero-order valence-corrected chi connectivity index (χ0v) is 12.1. The zero-order chi connectivity index (χ0) is 14.9. The van der Waals surface area contributed by atoms with Gasteiger partial charge in [0, 0.05) is 13.1 Å². The lowest BCUT2D eigenvalue weighted by Gasteiger charge is -2.16. The zero-order valence-electron chi connectivity index (χ0n) is 11.3. The van der Waals surface area contributed by atoms with Crippen LogP contribution in [-0.2, 0) is 15.8 Å². The lowest BCUT2D eigenvalue weighted by molar-refractivity contribution is 0.402. The Labute approximate surface area is 122 Å². The van der Waals surface area contributed by atoms with E-state index in [4.69, 9.17) is 0 Å². The van der Waals surface area contributed by atoms with E-state index in [0.717, 1.165) is 0 Å². The van der Waals surface area contributed by atoms with Crippen LogP contribution in [0.25, 0.3) is 0 Å². The van der Waals surface area contributed by atoms with Crippen molar-refractivity contribution in [2.45, 2.75) is 18.2 Å². The molecule has 0 N–H and O–H groups in total. The highest BCUT2D eigenvalue weighted by Crippen LogP contribution is 2.24. The molecule has 112 valence electrons. The van der Waals surface area contributed by atoms with Crippen LogP contribution in [0.15, 0.2) is 36.7 Å². The van der Waals surface area contributed by atoms with Crippen molar-refractivity contribution in [2.24, 2.45) is 0 Å². The van der Waals surface area contributed by atoms with Gasteiger partial charge in [-0.1, -0.05) is 12.1 Å². The van der Waals surface area contributed by atoms with Crippen molar-refractivity contribution in [1.82, 2.24) is 19.3 Å². The quantitative estimate of drug-likeness (QED) is 0.851. The third kappa shape index (κ3) is 3.11. The van der Waals surface area contributed by atoms with Crippen LogP contribution in [0.4, 0.5) is 4.39 Å². The summed E-state index contributed by atoms with van der Waals surface area (Å²) >= 11 is 0. The molecule has 0 radical (unpaired) electrons. The first-order valence-corrected chi connectivity index (χ1v) is 8.23. The highest BCUT2D eigenvalue weighted by Gasteiger charge is 2.33. The van der Waals surface area contributed by atoms with Crippen LogP contribution in [0.1, 0.15) is 18.0 Å². The Morgan fingerprint density at radius 3 is 2.76 bits per heavy atom. The number of benzene rings is 1. The van der Waals surface area contributed by atoms with Gasteiger partial charge in [0.15, 0.2) is 0 Å².